The second-order valence-electron chi connectivity index (χ2n) is 15.0. The molecule has 0 amide bonds. The summed E-state index contributed by atoms with van der Waals surface area (Å²) in [5, 5.41) is 13.3. The lowest BCUT2D eigenvalue weighted by atomic mass is 9.97. The van der Waals surface area contributed by atoms with Crippen LogP contribution < -0.4 is 15.2 Å². The first-order chi connectivity index (χ1) is 30.9. The summed E-state index contributed by atoms with van der Waals surface area (Å²) in [7, 11) is 0. The number of carbonyl (C=O) groups is 2. The molecule has 1 unspecified atom stereocenters. The van der Waals surface area contributed by atoms with E-state index in [1.54, 1.807) is 13.8 Å². The molecule has 0 spiro atoms. The molecular formula is C54H52N2O7. The molecule has 1 atom stereocenters. The maximum Gasteiger partial charge on any atom is 0.341 e. The molecule has 0 aromatic heterocycles. The minimum absolute atomic E-state index is 0.201. The summed E-state index contributed by atoms with van der Waals surface area (Å²) in [5.41, 5.74) is 16.7. The smallest absolute Gasteiger partial charge is 0.341 e. The lowest BCUT2D eigenvalue weighted by molar-refractivity contribution is -0.139. The zero-order valence-corrected chi connectivity index (χ0v) is 35.7. The molecule has 2 aliphatic rings. The highest BCUT2D eigenvalue weighted by Crippen LogP contribution is 2.45. The first-order valence-electron chi connectivity index (χ1n) is 21.5. The van der Waals surface area contributed by atoms with Crippen molar-refractivity contribution in [3.63, 3.8) is 0 Å². The predicted octanol–water partition coefficient (Wildman–Crippen LogP) is 10.3. The third kappa shape index (κ3) is 10.5. The summed E-state index contributed by atoms with van der Waals surface area (Å²) in [6.45, 7) is 5.27. The van der Waals surface area contributed by atoms with Crippen LogP contribution in [0.5, 0.6) is 11.5 Å². The van der Waals surface area contributed by atoms with E-state index in [2.05, 4.69) is 41.6 Å². The van der Waals surface area contributed by atoms with Crippen molar-refractivity contribution in [3.8, 4) is 11.5 Å². The number of rotatable bonds is 16. The van der Waals surface area contributed by atoms with Gasteiger partial charge in [0.25, 0.3) is 0 Å². The van der Waals surface area contributed by atoms with Crippen molar-refractivity contribution < 1.29 is 33.7 Å². The van der Waals surface area contributed by atoms with Crippen molar-refractivity contribution in [2.75, 3.05) is 26.4 Å². The molecule has 0 saturated carbocycles. The van der Waals surface area contributed by atoms with E-state index in [-0.39, 0.29) is 23.9 Å². The number of hydrogen-bond acceptors (Lipinski definition) is 9. The summed E-state index contributed by atoms with van der Waals surface area (Å²) < 4.78 is 22.5. The Hall–Kier alpha value is -7.23. The summed E-state index contributed by atoms with van der Waals surface area (Å²) in [5.74, 6) is 0.548. The maximum absolute atomic E-state index is 12.8. The van der Waals surface area contributed by atoms with E-state index in [0.717, 1.165) is 64.8 Å². The minimum Gasteiger partial charge on any atom is -0.494 e. The van der Waals surface area contributed by atoms with E-state index in [1.165, 1.54) is 11.1 Å². The van der Waals surface area contributed by atoms with Gasteiger partial charge >= 0.3 is 11.9 Å². The molecule has 9 nitrogen and oxygen atoms in total. The van der Waals surface area contributed by atoms with Crippen molar-refractivity contribution >= 4 is 28.8 Å². The lowest BCUT2D eigenvalue weighted by Crippen LogP contribution is -2.19. The average molecular weight is 841 g/mol. The van der Waals surface area contributed by atoms with Gasteiger partial charge in [-0.3, -0.25) is 0 Å². The van der Waals surface area contributed by atoms with E-state index in [1.807, 2.05) is 121 Å². The molecule has 0 heterocycles. The molecule has 6 aromatic rings. The number of nitrogens with two attached hydrogens (primary N) is 1. The van der Waals surface area contributed by atoms with Crippen molar-refractivity contribution in [2.45, 2.75) is 45.6 Å². The van der Waals surface area contributed by atoms with Crippen LogP contribution in [0.2, 0.25) is 0 Å². The molecule has 0 fully saturated rings. The van der Waals surface area contributed by atoms with Crippen LogP contribution in [-0.4, -0.2) is 49.3 Å². The van der Waals surface area contributed by atoms with Gasteiger partial charge in [0.2, 0.25) is 0 Å². The summed E-state index contributed by atoms with van der Waals surface area (Å²) in [4.78, 5) is 25.5. The molecule has 0 radical (unpaired) electrons. The van der Waals surface area contributed by atoms with Gasteiger partial charge in [-0.25, -0.2) is 9.59 Å². The first-order valence-corrected chi connectivity index (χ1v) is 21.5. The molecule has 0 saturated heterocycles. The Labute approximate surface area is 369 Å². The Bertz CT molecular complexity index is 2590. The standard InChI is InChI=1S/C27H25NO4.C27H27NO3/c1-2-31-27(29)25-24(20-13-7-4-8-14-20)22-16-15-21(18-23(22)26(25)28-30)32-17-9-12-19-10-5-3-6-11-19;1-2-30-27(29)25-24(20-13-7-4-8-14-20)22-16-15-21(18-23(22)26(25)28)31-17-9-12-19-10-5-3-6-11-19/h3-8,10-11,13-16,18,30H,2,9,12,17H2,1H3;3-8,10-11,13-16,18,26H,2,9,12,17,28H2,1H3/b28-26-;. The molecule has 6 aromatic carbocycles. The Balaban J connectivity index is 0.000000189. The van der Waals surface area contributed by atoms with Crippen LogP contribution in [0, 0.1) is 0 Å². The van der Waals surface area contributed by atoms with Crippen molar-refractivity contribution in [3.05, 3.63) is 213 Å². The van der Waals surface area contributed by atoms with Gasteiger partial charge in [-0.05, 0) is 109 Å². The molecule has 0 bridgehead atoms. The Kier molecular flexibility index (Phi) is 15.0. The SMILES string of the molecule is CCOC(=O)C1=C(c2ccccc2)c2ccc(OCCCc3ccccc3)cc2/C1=N/O.CCOC(=O)C1=C(c2ccccc2)c2ccc(OCCCc3ccccc3)cc2C1N. The lowest BCUT2D eigenvalue weighted by Gasteiger charge is -2.12. The number of esters is 2. The number of fused-ring (bicyclic) bond motifs is 2. The highest BCUT2D eigenvalue weighted by Gasteiger charge is 2.36. The number of ether oxygens (including phenoxy) is 4. The molecule has 0 aliphatic heterocycles. The number of aryl methyl sites for hydroxylation is 2. The number of carbonyl (C=O) groups excluding carboxylic acids is 2. The van der Waals surface area contributed by atoms with Crippen molar-refractivity contribution in [1.82, 2.24) is 0 Å². The molecule has 2 aliphatic carbocycles. The van der Waals surface area contributed by atoms with Gasteiger partial charge in [0.1, 0.15) is 17.2 Å². The van der Waals surface area contributed by atoms with Crippen LogP contribution in [0.15, 0.2) is 174 Å². The average Bonchev–Trinajstić information content (AvgIpc) is 3.82. The van der Waals surface area contributed by atoms with Crippen LogP contribution in [-0.2, 0) is 31.9 Å². The number of oxime groups is 1. The van der Waals surface area contributed by atoms with Gasteiger partial charge in [0.05, 0.1) is 43.6 Å². The van der Waals surface area contributed by atoms with Gasteiger partial charge in [-0.1, -0.05) is 133 Å². The predicted molar refractivity (Wildman–Crippen MR) is 247 cm³/mol. The zero-order chi connectivity index (χ0) is 44.0. The largest absolute Gasteiger partial charge is 0.494 e. The van der Waals surface area contributed by atoms with Gasteiger partial charge in [-0.2, -0.15) is 0 Å². The molecule has 63 heavy (non-hydrogen) atoms. The second kappa shape index (κ2) is 21.5. The van der Waals surface area contributed by atoms with Gasteiger partial charge in [0.15, 0.2) is 0 Å². The highest BCUT2D eigenvalue weighted by molar-refractivity contribution is 6.37. The fraction of sp³-hybridized carbons (Fsp3) is 0.204. The summed E-state index contributed by atoms with van der Waals surface area (Å²) in [6, 6.07) is 51.1. The van der Waals surface area contributed by atoms with Crippen LogP contribution in [0.3, 0.4) is 0 Å². The number of hydrogen-bond donors (Lipinski definition) is 2. The molecular weight excluding hydrogens is 789 g/mol. The topological polar surface area (TPSA) is 130 Å². The third-order valence-electron chi connectivity index (χ3n) is 10.9. The van der Waals surface area contributed by atoms with Crippen molar-refractivity contribution in [1.29, 1.82) is 0 Å². The zero-order valence-electron chi connectivity index (χ0n) is 35.7. The minimum atomic E-state index is -0.544. The normalized spacial score (nSPS) is 14.4. The van der Waals surface area contributed by atoms with Gasteiger partial charge < -0.3 is 29.9 Å². The van der Waals surface area contributed by atoms with E-state index >= 15 is 0 Å². The van der Waals surface area contributed by atoms with E-state index < -0.39 is 12.0 Å². The fourth-order valence-corrected chi connectivity index (χ4v) is 7.97. The van der Waals surface area contributed by atoms with E-state index in [0.29, 0.717) is 42.3 Å². The molecule has 3 N–H and O–H groups in total. The highest BCUT2D eigenvalue weighted by atomic mass is 16.5. The fourth-order valence-electron chi connectivity index (χ4n) is 7.97. The van der Waals surface area contributed by atoms with Gasteiger partial charge in [-0.15, -0.1) is 0 Å². The quantitative estimate of drug-likeness (QED) is 0.0427. The second-order valence-corrected chi connectivity index (χ2v) is 15.0. The Morgan fingerprint density at radius 1 is 0.571 bits per heavy atom. The summed E-state index contributed by atoms with van der Waals surface area (Å²) in [6.07, 6.45) is 3.71. The third-order valence-corrected chi connectivity index (χ3v) is 10.9. The van der Waals surface area contributed by atoms with Crippen LogP contribution in [0.4, 0.5) is 0 Å². The van der Waals surface area contributed by atoms with Crippen LogP contribution in [0.1, 0.15) is 77.2 Å². The Morgan fingerprint density at radius 3 is 1.57 bits per heavy atom. The Morgan fingerprint density at radius 2 is 1.05 bits per heavy atom. The molecule has 8 rings (SSSR count). The van der Waals surface area contributed by atoms with Crippen molar-refractivity contribution in [2.24, 2.45) is 10.9 Å². The maximum atomic E-state index is 12.8. The monoisotopic (exact) mass is 840 g/mol. The van der Waals surface area contributed by atoms with Crippen LogP contribution >= 0.6 is 0 Å². The van der Waals surface area contributed by atoms with E-state index in [9.17, 15) is 14.8 Å². The molecule has 320 valence electrons. The molecule has 9 heteroatoms. The van der Waals surface area contributed by atoms with Gasteiger partial charge in [0, 0.05) is 16.7 Å². The number of nitrogens with zero attached hydrogens (tertiary/aromatic N) is 1. The van der Waals surface area contributed by atoms with E-state index in [4.69, 9.17) is 24.7 Å². The number of benzene rings is 6. The summed E-state index contributed by atoms with van der Waals surface area (Å²) >= 11 is 0. The first kappa shape index (κ1) is 43.8. The van der Waals surface area contributed by atoms with Crippen LogP contribution in [0.25, 0.3) is 11.1 Å².